The van der Waals surface area contributed by atoms with Gasteiger partial charge >= 0.3 is 0 Å². The number of ether oxygens (including phenoxy) is 2. The van der Waals surface area contributed by atoms with Gasteiger partial charge in [0.15, 0.2) is 5.78 Å². The maximum Gasteiger partial charge on any atom is 0.185 e. The van der Waals surface area contributed by atoms with E-state index in [1.54, 1.807) is 18.2 Å². The average molecular weight is 409 g/mol. The van der Waals surface area contributed by atoms with Crippen LogP contribution in [-0.2, 0) is 6.42 Å². The lowest BCUT2D eigenvalue weighted by Gasteiger charge is -2.17. The van der Waals surface area contributed by atoms with Gasteiger partial charge < -0.3 is 14.6 Å². The lowest BCUT2D eigenvalue weighted by molar-refractivity contribution is 0.104. The maximum absolute atomic E-state index is 12.6. The molecule has 4 heteroatoms. The Morgan fingerprint density at radius 3 is 2.30 bits per heavy atom. The van der Waals surface area contributed by atoms with Crippen molar-refractivity contribution in [3.63, 3.8) is 0 Å². The maximum atomic E-state index is 12.6. The summed E-state index contributed by atoms with van der Waals surface area (Å²) >= 11 is 0. The standard InChI is InChI=1S/C26H32O4/c1-4-7-18-29-25-17-12-21(9-6-3)26(30-19-8-5-2)23(25)15-16-24(28)20-10-13-22(27)14-11-20/h6,10-17,27H,3-5,7-9,18-19H2,1-2H3/b16-15+. The van der Waals surface area contributed by atoms with Crippen molar-refractivity contribution < 1.29 is 19.4 Å². The molecule has 0 atom stereocenters. The molecule has 0 amide bonds. The first-order chi connectivity index (χ1) is 14.6. The molecule has 0 saturated heterocycles. The van der Waals surface area contributed by atoms with Crippen LogP contribution in [0.3, 0.4) is 0 Å². The molecule has 4 nitrogen and oxygen atoms in total. The third kappa shape index (κ3) is 6.80. The SMILES string of the molecule is C=CCc1ccc(OCCCC)c(/C=C/C(=O)c2ccc(O)cc2)c1OCCCC. The van der Waals surface area contributed by atoms with Gasteiger partial charge in [-0.05, 0) is 67.3 Å². The Morgan fingerprint density at radius 1 is 1.00 bits per heavy atom. The van der Waals surface area contributed by atoms with Crippen LogP contribution >= 0.6 is 0 Å². The van der Waals surface area contributed by atoms with Gasteiger partial charge in [-0.1, -0.05) is 38.8 Å². The number of hydrogen-bond acceptors (Lipinski definition) is 4. The Hall–Kier alpha value is -3.01. The zero-order chi connectivity index (χ0) is 21.8. The Morgan fingerprint density at radius 2 is 1.67 bits per heavy atom. The Bertz CT molecular complexity index is 850. The van der Waals surface area contributed by atoms with Gasteiger partial charge in [0.1, 0.15) is 17.2 Å². The molecule has 0 unspecified atom stereocenters. The van der Waals surface area contributed by atoms with Gasteiger partial charge in [-0.25, -0.2) is 0 Å². The number of unbranched alkanes of at least 4 members (excludes halogenated alkanes) is 2. The molecular weight excluding hydrogens is 376 g/mol. The molecule has 0 aliphatic carbocycles. The van der Waals surface area contributed by atoms with E-state index >= 15 is 0 Å². The predicted molar refractivity (Wildman–Crippen MR) is 123 cm³/mol. The second-order valence-electron chi connectivity index (χ2n) is 7.11. The van der Waals surface area contributed by atoms with Crippen molar-refractivity contribution >= 4 is 11.9 Å². The third-order valence-corrected chi connectivity index (χ3v) is 4.65. The fraction of sp³-hybridized carbons (Fsp3) is 0.346. The van der Waals surface area contributed by atoms with E-state index < -0.39 is 0 Å². The van der Waals surface area contributed by atoms with E-state index in [1.165, 1.54) is 18.2 Å². The summed E-state index contributed by atoms with van der Waals surface area (Å²) in [5.41, 5.74) is 2.29. The zero-order valence-corrected chi connectivity index (χ0v) is 18.0. The van der Waals surface area contributed by atoms with Gasteiger partial charge in [-0.3, -0.25) is 4.79 Å². The molecular formula is C26H32O4. The van der Waals surface area contributed by atoms with Crippen LogP contribution < -0.4 is 9.47 Å². The first kappa shape index (κ1) is 23.3. The van der Waals surface area contributed by atoms with Crippen LogP contribution in [-0.4, -0.2) is 24.1 Å². The predicted octanol–water partition coefficient (Wildman–Crippen LogP) is 6.37. The van der Waals surface area contributed by atoms with Crippen LogP contribution in [0.2, 0.25) is 0 Å². The third-order valence-electron chi connectivity index (χ3n) is 4.65. The lowest BCUT2D eigenvalue weighted by Crippen LogP contribution is -2.05. The van der Waals surface area contributed by atoms with Crippen LogP contribution in [0.15, 0.2) is 55.1 Å². The van der Waals surface area contributed by atoms with E-state index in [0.717, 1.165) is 42.6 Å². The number of rotatable bonds is 13. The minimum atomic E-state index is -0.150. The molecule has 0 aromatic heterocycles. The molecule has 1 N–H and O–H groups in total. The molecule has 0 bridgehead atoms. The summed E-state index contributed by atoms with van der Waals surface area (Å²) in [6.45, 7) is 9.30. The molecule has 30 heavy (non-hydrogen) atoms. The minimum Gasteiger partial charge on any atom is -0.508 e. The zero-order valence-electron chi connectivity index (χ0n) is 18.0. The molecule has 0 spiro atoms. The van der Waals surface area contributed by atoms with Gasteiger partial charge in [-0.2, -0.15) is 0 Å². The molecule has 2 aromatic carbocycles. The largest absolute Gasteiger partial charge is 0.508 e. The number of aromatic hydroxyl groups is 1. The highest BCUT2D eigenvalue weighted by Gasteiger charge is 2.14. The molecule has 160 valence electrons. The molecule has 2 rings (SSSR count). The smallest absolute Gasteiger partial charge is 0.185 e. The summed E-state index contributed by atoms with van der Waals surface area (Å²) in [6, 6.07) is 10.2. The topological polar surface area (TPSA) is 55.8 Å². The van der Waals surface area contributed by atoms with Crippen molar-refractivity contribution in [3.8, 4) is 17.2 Å². The van der Waals surface area contributed by atoms with Crippen LogP contribution in [0, 0.1) is 0 Å². The highest BCUT2D eigenvalue weighted by Crippen LogP contribution is 2.35. The molecule has 0 aliphatic rings. The number of phenolic OH excluding ortho intramolecular Hbond substituents is 1. The highest BCUT2D eigenvalue weighted by molar-refractivity contribution is 6.07. The van der Waals surface area contributed by atoms with Crippen molar-refractivity contribution in [3.05, 3.63) is 71.8 Å². The fourth-order valence-corrected chi connectivity index (χ4v) is 2.92. The van der Waals surface area contributed by atoms with Crippen LogP contribution in [0.25, 0.3) is 6.08 Å². The van der Waals surface area contributed by atoms with Crippen molar-refractivity contribution in [2.75, 3.05) is 13.2 Å². The van der Waals surface area contributed by atoms with Gasteiger partial charge in [0.25, 0.3) is 0 Å². The van der Waals surface area contributed by atoms with Gasteiger partial charge in [0, 0.05) is 5.56 Å². The van der Waals surface area contributed by atoms with Gasteiger partial charge in [0.05, 0.1) is 18.8 Å². The van der Waals surface area contributed by atoms with Crippen molar-refractivity contribution in [1.82, 2.24) is 0 Å². The Labute approximate surface area is 179 Å². The summed E-state index contributed by atoms with van der Waals surface area (Å²) < 4.78 is 12.1. The number of ketones is 1. The first-order valence-electron chi connectivity index (χ1n) is 10.6. The molecule has 0 saturated carbocycles. The second kappa shape index (κ2) is 12.5. The average Bonchev–Trinajstić information content (AvgIpc) is 2.75. The van der Waals surface area contributed by atoms with Crippen molar-refractivity contribution in [2.24, 2.45) is 0 Å². The summed E-state index contributed by atoms with van der Waals surface area (Å²) in [4.78, 5) is 12.6. The van der Waals surface area contributed by atoms with Crippen LogP contribution in [0.5, 0.6) is 17.2 Å². The number of phenols is 1. The van der Waals surface area contributed by atoms with Crippen LogP contribution in [0.4, 0.5) is 0 Å². The molecule has 0 radical (unpaired) electrons. The van der Waals surface area contributed by atoms with Crippen molar-refractivity contribution in [2.45, 2.75) is 46.0 Å². The number of hydrogen-bond donors (Lipinski definition) is 1. The Kier molecular flexibility index (Phi) is 9.72. The summed E-state index contributed by atoms with van der Waals surface area (Å²) in [7, 11) is 0. The summed E-state index contributed by atoms with van der Waals surface area (Å²) in [6.07, 6.45) is 9.79. The van der Waals surface area contributed by atoms with E-state index in [4.69, 9.17) is 9.47 Å². The highest BCUT2D eigenvalue weighted by atomic mass is 16.5. The monoisotopic (exact) mass is 408 g/mol. The van der Waals surface area contributed by atoms with E-state index in [2.05, 4.69) is 20.4 Å². The first-order valence-corrected chi connectivity index (χ1v) is 10.6. The minimum absolute atomic E-state index is 0.130. The number of benzene rings is 2. The number of carbonyl (C=O) groups excluding carboxylic acids is 1. The van der Waals surface area contributed by atoms with E-state index in [9.17, 15) is 9.90 Å². The quantitative estimate of drug-likeness (QED) is 0.181. The molecule has 0 heterocycles. The van der Waals surface area contributed by atoms with Gasteiger partial charge in [-0.15, -0.1) is 6.58 Å². The Balaban J connectivity index is 2.41. The molecule has 0 aliphatic heterocycles. The lowest BCUT2D eigenvalue weighted by atomic mass is 10.0. The fourth-order valence-electron chi connectivity index (χ4n) is 2.92. The van der Waals surface area contributed by atoms with E-state index in [-0.39, 0.29) is 11.5 Å². The van der Waals surface area contributed by atoms with E-state index in [1.807, 2.05) is 18.2 Å². The van der Waals surface area contributed by atoms with Crippen molar-refractivity contribution in [1.29, 1.82) is 0 Å². The number of allylic oxidation sites excluding steroid dienone is 2. The number of carbonyl (C=O) groups is 1. The summed E-state index contributed by atoms with van der Waals surface area (Å²) in [5, 5.41) is 9.44. The van der Waals surface area contributed by atoms with Crippen LogP contribution in [0.1, 0.15) is 61.0 Å². The van der Waals surface area contributed by atoms with E-state index in [0.29, 0.717) is 30.9 Å². The summed E-state index contributed by atoms with van der Waals surface area (Å²) in [5.74, 6) is 1.43. The molecule has 0 fully saturated rings. The normalized spacial score (nSPS) is 10.9. The molecule has 2 aromatic rings. The second-order valence-corrected chi connectivity index (χ2v) is 7.11. The van der Waals surface area contributed by atoms with Gasteiger partial charge in [0.2, 0.25) is 0 Å².